The van der Waals surface area contributed by atoms with Crippen LogP contribution in [-0.2, 0) is 4.79 Å². The van der Waals surface area contributed by atoms with Gasteiger partial charge in [0.05, 0.1) is 6.08 Å². The molecule has 140 valence electrons. The summed E-state index contributed by atoms with van der Waals surface area (Å²) in [6.45, 7) is 2.99. The number of hydrogen-bond donors (Lipinski definition) is 2. The van der Waals surface area contributed by atoms with Crippen molar-refractivity contribution >= 4 is 11.8 Å². The van der Waals surface area contributed by atoms with Crippen molar-refractivity contribution in [3.63, 3.8) is 0 Å². The Kier molecular flexibility index (Phi) is 19.1. The number of unbranched alkanes of at least 4 members (excludes halogenated alkanes) is 15. The van der Waals surface area contributed by atoms with Gasteiger partial charge in [-0.2, -0.15) is 0 Å². The van der Waals surface area contributed by atoms with Crippen molar-refractivity contribution in [1.82, 2.24) is 5.32 Å². The van der Waals surface area contributed by atoms with Crippen LogP contribution in [0.5, 0.6) is 0 Å². The zero-order valence-electron chi connectivity index (χ0n) is 16.0. The Labute approximate surface area is 150 Å². The summed E-state index contributed by atoms with van der Waals surface area (Å²) in [7, 11) is 0. The molecule has 2 N–H and O–H groups in total. The van der Waals surface area contributed by atoms with E-state index in [1.807, 2.05) is 5.87 Å². The van der Waals surface area contributed by atoms with Crippen LogP contribution in [0.2, 0.25) is 0 Å². The zero-order valence-corrected chi connectivity index (χ0v) is 16.0. The first-order chi connectivity index (χ1) is 11.8. The van der Waals surface area contributed by atoms with E-state index in [1.165, 1.54) is 96.3 Å². The topological polar surface area (TPSA) is 53.0 Å². The van der Waals surface area contributed by atoms with Gasteiger partial charge in [-0.05, 0) is 12.3 Å². The van der Waals surface area contributed by atoms with Crippen LogP contribution in [0.25, 0.3) is 0 Å². The highest BCUT2D eigenvalue weighted by molar-refractivity contribution is 5.94. The van der Waals surface area contributed by atoms with Gasteiger partial charge in [-0.25, -0.2) is 0 Å². The lowest BCUT2D eigenvalue weighted by Crippen LogP contribution is -2.22. The summed E-state index contributed by atoms with van der Waals surface area (Å²) in [5.41, 5.74) is 0. The van der Waals surface area contributed by atoms with E-state index in [0.717, 1.165) is 19.0 Å². The summed E-state index contributed by atoms with van der Waals surface area (Å²) >= 11 is 0. The molecule has 0 aliphatic rings. The molecule has 0 heterocycles. The van der Waals surface area contributed by atoms with Crippen molar-refractivity contribution in [2.75, 3.05) is 6.54 Å². The molecule has 0 radical (unpaired) electrons. The molecule has 0 fully saturated rings. The van der Waals surface area contributed by atoms with Crippen molar-refractivity contribution in [2.24, 2.45) is 0 Å². The first-order valence-corrected chi connectivity index (χ1v) is 10.3. The largest absolute Gasteiger partial charge is 0.352 e. The molecule has 0 aromatic carbocycles. The Morgan fingerprint density at radius 3 is 1.50 bits per heavy atom. The van der Waals surface area contributed by atoms with E-state index < -0.39 is 0 Å². The van der Waals surface area contributed by atoms with Crippen LogP contribution in [0.3, 0.4) is 0 Å². The highest BCUT2D eigenvalue weighted by atomic mass is 16.1. The first kappa shape index (κ1) is 22.9. The number of rotatable bonds is 18. The maximum absolute atomic E-state index is 11.1. The van der Waals surface area contributed by atoms with Crippen molar-refractivity contribution in [2.45, 2.75) is 110 Å². The molecule has 0 aliphatic carbocycles. The van der Waals surface area contributed by atoms with E-state index in [-0.39, 0.29) is 5.91 Å². The molecule has 0 rings (SSSR count). The van der Waals surface area contributed by atoms with Crippen LogP contribution in [0.4, 0.5) is 0 Å². The summed E-state index contributed by atoms with van der Waals surface area (Å²) in [5, 5.41) is 9.43. The Hall–Kier alpha value is -1.08. The number of nitrogens with one attached hydrogen (secondary N) is 2. The summed E-state index contributed by atoms with van der Waals surface area (Å²) in [6, 6.07) is 0. The Bertz CT molecular complexity index is 322. The van der Waals surface area contributed by atoms with Crippen molar-refractivity contribution < 1.29 is 4.79 Å². The predicted octanol–water partition coefficient (Wildman–Crippen LogP) is 6.17. The first-order valence-electron chi connectivity index (χ1n) is 10.3. The van der Waals surface area contributed by atoms with E-state index in [1.54, 1.807) is 0 Å². The average molecular weight is 337 g/mol. The Morgan fingerprint density at radius 2 is 1.12 bits per heavy atom. The smallest absolute Gasteiger partial charge is 0.253 e. The van der Waals surface area contributed by atoms with Gasteiger partial charge in [-0.15, -0.1) is 0 Å². The quantitative estimate of drug-likeness (QED) is 0.175. The van der Waals surface area contributed by atoms with Gasteiger partial charge in [-0.1, -0.05) is 103 Å². The lowest BCUT2D eigenvalue weighted by Gasteiger charge is -2.04. The fourth-order valence-electron chi connectivity index (χ4n) is 3.00. The molecule has 3 nitrogen and oxygen atoms in total. The van der Waals surface area contributed by atoms with Crippen molar-refractivity contribution in [3.8, 4) is 0 Å². The summed E-state index contributed by atoms with van der Waals surface area (Å²) < 4.78 is 0. The molecule has 0 spiro atoms. The van der Waals surface area contributed by atoms with Crippen molar-refractivity contribution in [1.29, 1.82) is 5.41 Å². The minimum Gasteiger partial charge on any atom is -0.352 e. The van der Waals surface area contributed by atoms with Gasteiger partial charge in [0.25, 0.3) is 5.91 Å². The van der Waals surface area contributed by atoms with Gasteiger partial charge in [0, 0.05) is 6.54 Å². The molecule has 24 heavy (non-hydrogen) atoms. The van der Waals surface area contributed by atoms with Gasteiger partial charge in [0.15, 0.2) is 0 Å². The fourth-order valence-corrected chi connectivity index (χ4v) is 3.00. The summed E-state index contributed by atoms with van der Waals surface area (Å²) in [5.74, 6) is 1.78. The van der Waals surface area contributed by atoms with Crippen LogP contribution >= 0.6 is 0 Å². The Balaban J connectivity index is 3.05. The van der Waals surface area contributed by atoms with E-state index in [2.05, 4.69) is 12.2 Å². The second-order valence-corrected chi connectivity index (χ2v) is 6.88. The van der Waals surface area contributed by atoms with E-state index in [0.29, 0.717) is 0 Å². The van der Waals surface area contributed by atoms with Gasteiger partial charge in [0.1, 0.15) is 0 Å². The van der Waals surface area contributed by atoms with E-state index >= 15 is 0 Å². The molecule has 0 saturated carbocycles. The molecule has 0 aromatic heterocycles. The molecule has 0 aromatic rings. The molecule has 3 heteroatoms. The third kappa shape index (κ3) is 19.0. The van der Waals surface area contributed by atoms with E-state index in [9.17, 15) is 4.79 Å². The van der Waals surface area contributed by atoms with Crippen molar-refractivity contribution in [3.05, 3.63) is 6.08 Å². The monoisotopic (exact) mass is 336 g/mol. The molecular weight excluding hydrogens is 296 g/mol. The lowest BCUT2D eigenvalue weighted by atomic mass is 10.0. The lowest BCUT2D eigenvalue weighted by molar-refractivity contribution is -0.116. The molecule has 1 amide bonds. The molecule has 0 bridgehead atoms. The number of amides is 1. The van der Waals surface area contributed by atoms with Gasteiger partial charge in [-0.3, -0.25) is 10.2 Å². The number of carbonyl (C=O) groups excluding carboxylic acids is 1. The maximum atomic E-state index is 11.1. The molecule has 0 atom stereocenters. The van der Waals surface area contributed by atoms with Crippen LogP contribution in [0.15, 0.2) is 6.08 Å². The second kappa shape index (κ2) is 20.0. The number of hydrogen-bond acceptors (Lipinski definition) is 2. The molecule has 0 saturated heterocycles. The average Bonchev–Trinajstić information content (AvgIpc) is 2.58. The van der Waals surface area contributed by atoms with Crippen LogP contribution in [0.1, 0.15) is 110 Å². The standard InChI is InChI=1S/C21H40N2O/c1-2-3-4-5-6-7-8-9-10-11-12-13-14-15-16-17-20-23-21(24)18-19-22/h18,22H,2-17,20H2,1H3,(H,23,24). The minimum atomic E-state index is -0.203. The van der Waals surface area contributed by atoms with E-state index in [4.69, 9.17) is 5.41 Å². The normalized spacial score (nSPS) is 10.4. The van der Waals surface area contributed by atoms with Crippen LogP contribution in [-0.4, -0.2) is 18.3 Å². The number of carbonyl (C=O) groups is 1. The fraction of sp³-hybridized carbons (Fsp3) is 0.857. The third-order valence-corrected chi connectivity index (χ3v) is 4.53. The van der Waals surface area contributed by atoms with Gasteiger partial charge < -0.3 is 5.32 Å². The molecular formula is C21H40N2O. The third-order valence-electron chi connectivity index (χ3n) is 4.53. The van der Waals surface area contributed by atoms with Gasteiger partial charge >= 0.3 is 0 Å². The second-order valence-electron chi connectivity index (χ2n) is 6.88. The minimum absolute atomic E-state index is 0.203. The van der Waals surface area contributed by atoms with Gasteiger partial charge in [0.2, 0.25) is 0 Å². The zero-order chi connectivity index (χ0) is 17.7. The molecule has 0 unspecified atom stereocenters. The van der Waals surface area contributed by atoms with Crippen LogP contribution < -0.4 is 5.32 Å². The highest BCUT2D eigenvalue weighted by Crippen LogP contribution is 2.13. The maximum Gasteiger partial charge on any atom is 0.253 e. The predicted molar refractivity (Wildman–Crippen MR) is 105 cm³/mol. The molecule has 0 aliphatic heterocycles. The summed E-state index contributed by atoms with van der Waals surface area (Å²) in [4.78, 5) is 11.1. The Morgan fingerprint density at radius 1 is 0.750 bits per heavy atom. The summed E-state index contributed by atoms with van der Waals surface area (Å²) in [6.07, 6.45) is 22.9. The highest BCUT2D eigenvalue weighted by Gasteiger charge is 1.96. The SMILES string of the molecule is CCCCCCCCCCCCCCCCCCNC(=O)C=C=N. The van der Waals surface area contributed by atoms with Crippen LogP contribution in [0, 0.1) is 5.41 Å².